The van der Waals surface area contributed by atoms with Crippen LogP contribution in [0, 0.1) is 0 Å². The molecule has 0 saturated heterocycles. The van der Waals surface area contributed by atoms with Crippen LogP contribution in [0.5, 0.6) is 0 Å². The minimum atomic E-state index is -1.05. The number of para-hydroxylation sites is 1. The third kappa shape index (κ3) is 1.09. The molecule has 0 bridgehead atoms. The van der Waals surface area contributed by atoms with E-state index in [1.54, 1.807) is 0 Å². The third-order valence-electron chi connectivity index (χ3n) is 2.88. The van der Waals surface area contributed by atoms with E-state index < -0.39 is 17.4 Å². The van der Waals surface area contributed by atoms with E-state index in [4.69, 9.17) is 0 Å². The van der Waals surface area contributed by atoms with Crippen LogP contribution < -0.4 is 10.4 Å². The maximum atomic E-state index is 10.9. The molecule has 1 aromatic rings. The van der Waals surface area contributed by atoms with Crippen molar-refractivity contribution in [1.82, 2.24) is 0 Å². The second-order valence-electron chi connectivity index (χ2n) is 4.16. The predicted molar refractivity (Wildman–Crippen MR) is 51.9 cm³/mol. The van der Waals surface area contributed by atoms with E-state index in [0.717, 1.165) is 11.3 Å². The summed E-state index contributed by atoms with van der Waals surface area (Å²) in [5.41, 5.74) is 1.52. The van der Waals surface area contributed by atoms with Crippen LogP contribution in [-0.4, -0.2) is 12.0 Å². The Bertz CT molecular complexity index is 385. The summed E-state index contributed by atoms with van der Waals surface area (Å²) in [7, 11) is 0. The Morgan fingerprint density at radius 1 is 1.43 bits per heavy atom. The zero-order valence-corrected chi connectivity index (χ0v) is 8.20. The first-order chi connectivity index (χ1) is 6.53. The van der Waals surface area contributed by atoms with Crippen molar-refractivity contribution in [3.05, 3.63) is 29.8 Å². The molecule has 2 rings (SSSR count). The normalized spacial score (nSPS) is 22.6. The van der Waals surface area contributed by atoms with E-state index in [1.807, 2.05) is 38.1 Å². The highest BCUT2D eigenvalue weighted by Crippen LogP contribution is 2.40. The van der Waals surface area contributed by atoms with Gasteiger partial charge in [0.05, 0.1) is 12.0 Å². The first-order valence-electron chi connectivity index (χ1n) is 4.60. The van der Waals surface area contributed by atoms with Crippen molar-refractivity contribution in [2.24, 2.45) is 0 Å². The van der Waals surface area contributed by atoms with Gasteiger partial charge in [0.1, 0.15) is 0 Å². The largest absolute Gasteiger partial charge is 0.548 e. The van der Waals surface area contributed by atoms with Crippen LogP contribution in [0.3, 0.4) is 0 Å². The molecule has 0 radical (unpaired) electrons. The van der Waals surface area contributed by atoms with Gasteiger partial charge < -0.3 is 15.2 Å². The summed E-state index contributed by atoms with van der Waals surface area (Å²) in [5, 5.41) is 13.9. The zero-order chi connectivity index (χ0) is 10.3. The van der Waals surface area contributed by atoms with Gasteiger partial charge in [0, 0.05) is 11.1 Å². The number of anilines is 1. The van der Waals surface area contributed by atoms with E-state index in [1.165, 1.54) is 0 Å². The first-order valence-corrected chi connectivity index (χ1v) is 4.60. The molecule has 1 aromatic carbocycles. The molecule has 14 heavy (non-hydrogen) atoms. The number of carbonyl (C=O) groups is 1. The lowest BCUT2D eigenvalue weighted by Crippen LogP contribution is -2.48. The van der Waals surface area contributed by atoms with Crippen molar-refractivity contribution in [2.75, 3.05) is 5.32 Å². The van der Waals surface area contributed by atoms with Gasteiger partial charge in [0.25, 0.3) is 0 Å². The SMILES string of the molecule is CC1(C)c2ccccc2N[C@@H]1C(=O)[O-]. The number of hydrogen-bond donors (Lipinski definition) is 1. The Hall–Kier alpha value is -1.51. The highest BCUT2D eigenvalue weighted by molar-refractivity contribution is 5.82. The van der Waals surface area contributed by atoms with Gasteiger partial charge in [-0.25, -0.2) is 0 Å². The topological polar surface area (TPSA) is 52.2 Å². The van der Waals surface area contributed by atoms with Crippen molar-refractivity contribution in [1.29, 1.82) is 0 Å². The van der Waals surface area contributed by atoms with Crippen LogP contribution >= 0.6 is 0 Å². The molecule has 0 spiro atoms. The molecule has 0 aliphatic carbocycles. The molecule has 3 heteroatoms. The Kier molecular flexibility index (Phi) is 1.77. The van der Waals surface area contributed by atoms with E-state index >= 15 is 0 Å². The molecular formula is C11H12NO2-. The fourth-order valence-corrected chi connectivity index (χ4v) is 2.02. The van der Waals surface area contributed by atoms with Crippen molar-refractivity contribution >= 4 is 11.7 Å². The van der Waals surface area contributed by atoms with Crippen molar-refractivity contribution in [3.63, 3.8) is 0 Å². The van der Waals surface area contributed by atoms with Crippen LogP contribution in [0.1, 0.15) is 19.4 Å². The molecule has 0 unspecified atom stereocenters. The van der Waals surface area contributed by atoms with Gasteiger partial charge in [-0.3, -0.25) is 0 Å². The third-order valence-corrected chi connectivity index (χ3v) is 2.88. The van der Waals surface area contributed by atoms with Crippen LogP contribution in [-0.2, 0) is 10.2 Å². The van der Waals surface area contributed by atoms with Crippen LogP contribution in [0.2, 0.25) is 0 Å². The highest BCUT2D eigenvalue weighted by Gasteiger charge is 2.39. The highest BCUT2D eigenvalue weighted by atomic mass is 16.4. The number of nitrogens with one attached hydrogen (secondary N) is 1. The maximum Gasteiger partial charge on any atom is 0.0750 e. The number of carboxylic acid groups (broad SMARTS) is 1. The van der Waals surface area contributed by atoms with Gasteiger partial charge in [-0.05, 0) is 11.6 Å². The molecule has 0 saturated carbocycles. The molecular weight excluding hydrogens is 178 g/mol. The van der Waals surface area contributed by atoms with Crippen LogP contribution in [0.25, 0.3) is 0 Å². The summed E-state index contributed by atoms with van der Waals surface area (Å²) < 4.78 is 0. The average Bonchev–Trinajstić information content (AvgIpc) is 2.39. The molecule has 1 aliphatic rings. The first kappa shape index (κ1) is 9.06. The molecule has 3 nitrogen and oxygen atoms in total. The van der Waals surface area contributed by atoms with Crippen molar-refractivity contribution < 1.29 is 9.90 Å². The number of hydrogen-bond acceptors (Lipinski definition) is 3. The molecule has 1 N–H and O–H groups in total. The number of carboxylic acids is 1. The van der Waals surface area contributed by atoms with Gasteiger partial charge in [-0.15, -0.1) is 0 Å². The van der Waals surface area contributed by atoms with Crippen LogP contribution in [0.15, 0.2) is 24.3 Å². The van der Waals surface area contributed by atoms with Gasteiger partial charge in [0.2, 0.25) is 0 Å². The predicted octanol–water partition coefficient (Wildman–Crippen LogP) is 0.508. The average molecular weight is 190 g/mol. The molecule has 1 atom stereocenters. The lowest BCUT2D eigenvalue weighted by atomic mass is 9.81. The van der Waals surface area contributed by atoms with Crippen molar-refractivity contribution in [2.45, 2.75) is 25.3 Å². The van der Waals surface area contributed by atoms with Gasteiger partial charge in [0.15, 0.2) is 0 Å². The Labute approximate surface area is 82.8 Å². The van der Waals surface area contributed by atoms with E-state index in [-0.39, 0.29) is 0 Å². The van der Waals surface area contributed by atoms with Gasteiger partial charge in [-0.1, -0.05) is 32.0 Å². The summed E-state index contributed by atoms with van der Waals surface area (Å²) in [6.07, 6.45) is 0. The van der Waals surface area contributed by atoms with E-state index in [2.05, 4.69) is 5.32 Å². The molecule has 0 amide bonds. The Morgan fingerprint density at radius 3 is 2.64 bits per heavy atom. The Morgan fingerprint density at radius 2 is 2.07 bits per heavy atom. The number of rotatable bonds is 1. The standard InChI is InChI=1S/C11H13NO2/c1-11(2)7-5-3-4-6-8(7)12-9(11)10(13)14/h3-6,9,12H,1-2H3,(H,13,14)/p-1/t9-/m1/s1. The summed E-state index contributed by atoms with van der Waals surface area (Å²) in [6, 6.07) is 7.00. The molecule has 74 valence electrons. The quantitative estimate of drug-likeness (QED) is 0.702. The van der Waals surface area contributed by atoms with Crippen molar-refractivity contribution in [3.8, 4) is 0 Å². The fourth-order valence-electron chi connectivity index (χ4n) is 2.02. The van der Waals surface area contributed by atoms with Crippen LogP contribution in [0.4, 0.5) is 5.69 Å². The molecule has 0 fully saturated rings. The molecule has 1 aliphatic heterocycles. The fraction of sp³-hybridized carbons (Fsp3) is 0.364. The summed E-state index contributed by atoms with van der Waals surface area (Å²) in [6.45, 7) is 3.82. The molecule has 0 aromatic heterocycles. The number of benzene rings is 1. The van der Waals surface area contributed by atoms with Gasteiger partial charge in [-0.2, -0.15) is 0 Å². The Balaban J connectivity index is 2.50. The second kappa shape index (κ2) is 2.74. The minimum absolute atomic E-state index is 0.407. The smallest absolute Gasteiger partial charge is 0.0750 e. The number of aliphatic carboxylic acids is 1. The van der Waals surface area contributed by atoms with E-state index in [9.17, 15) is 9.90 Å². The summed E-state index contributed by atoms with van der Waals surface area (Å²) in [4.78, 5) is 10.9. The maximum absolute atomic E-state index is 10.9. The van der Waals surface area contributed by atoms with E-state index in [0.29, 0.717) is 0 Å². The minimum Gasteiger partial charge on any atom is -0.548 e. The summed E-state index contributed by atoms with van der Waals surface area (Å²) in [5.74, 6) is -1.05. The zero-order valence-electron chi connectivity index (χ0n) is 8.20. The summed E-state index contributed by atoms with van der Waals surface area (Å²) >= 11 is 0. The number of fused-ring (bicyclic) bond motifs is 1. The molecule has 1 heterocycles. The lowest BCUT2D eigenvalue weighted by Gasteiger charge is -2.28. The van der Waals surface area contributed by atoms with Gasteiger partial charge >= 0.3 is 0 Å². The second-order valence-corrected chi connectivity index (χ2v) is 4.16. The number of carbonyl (C=O) groups excluding carboxylic acids is 1. The lowest BCUT2D eigenvalue weighted by molar-refractivity contribution is -0.307. The monoisotopic (exact) mass is 190 g/mol.